The van der Waals surface area contributed by atoms with Gasteiger partial charge in [-0.05, 0) is 54.1 Å². The van der Waals surface area contributed by atoms with Crippen LogP contribution in [-0.4, -0.2) is 4.57 Å². The normalized spacial score (nSPS) is 11.2. The molecule has 0 amide bonds. The molecular formula is C30H20ClNO. The van der Waals surface area contributed by atoms with Gasteiger partial charge >= 0.3 is 0 Å². The molecule has 0 bridgehead atoms. The lowest BCUT2D eigenvalue weighted by Crippen LogP contribution is -1.97. The Balaban J connectivity index is 1.56. The Hall–Kier alpha value is -4.01. The van der Waals surface area contributed by atoms with Gasteiger partial charge < -0.3 is 9.30 Å². The number of aromatic nitrogens is 1. The van der Waals surface area contributed by atoms with E-state index in [0.29, 0.717) is 10.8 Å². The quantitative estimate of drug-likeness (QED) is 0.264. The lowest BCUT2D eigenvalue weighted by molar-refractivity contribution is 0.483. The number of nitrogens with zero attached hydrogens (tertiary/aromatic N) is 1. The van der Waals surface area contributed by atoms with E-state index in [2.05, 4.69) is 77.4 Å². The van der Waals surface area contributed by atoms with Crippen LogP contribution in [-0.2, 0) is 0 Å². The van der Waals surface area contributed by atoms with Crippen molar-refractivity contribution in [3.8, 4) is 28.3 Å². The summed E-state index contributed by atoms with van der Waals surface area (Å²) >= 11 is 6.55. The smallest absolute Gasteiger partial charge is 0.129 e. The summed E-state index contributed by atoms with van der Waals surface area (Å²) in [6.45, 7) is 0. The molecule has 0 aliphatic heterocycles. The molecule has 6 aromatic rings. The van der Waals surface area contributed by atoms with Crippen LogP contribution in [0.25, 0.3) is 38.6 Å². The van der Waals surface area contributed by atoms with Crippen LogP contribution < -0.4 is 4.74 Å². The number of benzene rings is 5. The van der Waals surface area contributed by atoms with E-state index in [1.165, 1.54) is 21.8 Å². The fraction of sp³-hybridized carbons (Fsp3) is 0. The second kappa shape index (κ2) is 8.16. The summed E-state index contributed by atoms with van der Waals surface area (Å²) in [6.07, 6.45) is 0. The zero-order valence-electron chi connectivity index (χ0n) is 17.8. The van der Waals surface area contributed by atoms with Crippen molar-refractivity contribution < 1.29 is 4.74 Å². The molecule has 0 radical (unpaired) electrons. The third-order valence-corrected chi connectivity index (χ3v) is 6.10. The topological polar surface area (TPSA) is 14.2 Å². The highest BCUT2D eigenvalue weighted by Crippen LogP contribution is 2.38. The highest BCUT2D eigenvalue weighted by atomic mass is 35.5. The van der Waals surface area contributed by atoms with E-state index in [1.54, 1.807) is 0 Å². The molecule has 0 fully saturated rings. The fourth-order valence-corrected chi connectivity index (χ4v) is 4.72. The number of hydrogen-bond donors (Lipinski definition) is 0. The van der Waals surface area contributed by atoms with E-state index in [1.807, 2.05) is 48.5 Å². The molecule has 0 N–H and O–H groups in total. The summed E-state index contributed by atoms with van der Waals surface area (Å²) in [4.78, 5) is 0. The van der Waals surface area contributed by atoms with Gasteiger partial charge in [-0.25, -0.2) is 0 Å². The molecule has 0 aliphatic carbocycles. The van der Waals surface area contributed by atoms with E-state index in [-0.39, 0.29) is 0 Å². The van der Waals surface area contributed by atoms with E-state index in [4.69, 9.17) is 16.3 Å². The maximum absolute atomic E-state index is 6.55. The third kappa shape index (κ3) is 3.55. The molecule has 1 heterocycles. The van der Waals surface area contributed by atoms with E-state index >= 15 is 0 Å². The van der Waals surface area contributed by atoms with Crippen LogP contribution in [0.3, 0.4) is 0 Å². The molecule has 33 heavy (non-hydrogen) atoms. The monoisotopic (exact) mass is 445 g/mol. The van der Waals surface area contributed by atoms with Crippen LogP contribution in [0.1, 0.15) is 0 Å². The second-order valence-electron chi connectivity index (χ2n) is 7.98. The Morgan fingerprint density at radius 3 is 1.88 bits per heavy atom. The Morgan fingerprint density at radius 1 is 0.545 bits per heavy atom. The summed E-state index contributed by atoms with van der Waals surface area (Å²) in [5.41, 5.74) is 5.54. The van der Waals surface area contributed by atoms with Gasteiger partial charge in [-0.1, -0.05) is 84.4 Å². The summed E-state index contributed by atoms with van der Waals surface area (Å²) in [7, 11) is 0. The van der Waals surface area contributed by atoms with Crippen molar-refractivity contribution in [2.75, 3.05) is 0 Å². The first kappa shape index (κ1) is 19.7. The minimum absolute atomic E-state index is 0.635. The van der Waals surface area contributed by atoms with Gasteiger partial charge in [0, 0.05) is 21.4 Å². The molecule has 0 spiro atoms. The molecule has 0 atom stereocenters. The number of fused-ring (bicyclic) bond motifs is 3. The molecule has 6 rings (SSSR count). The maximum atomic E-state index is 6.55. The van der Waals surface area contributed by atoms with E-state index in [0.717, 1.165) is 22.6 Å². The molecule has 1 aromatic heterocycles. The van der Waals surface area contributed by atoms with Gasteiger partial charge in [0.25, 0.3) is 0 Å². The highest BCUT2D eigenvalue weighted by molar-refractivity contribution is 6.31. The van der Waals surface area contributed by atoms with Crippen molar-refractivity contribution in [3.63, 3.8) is 0 Å². The largest absolute Gasteiger partial charge is 0.457 e. The molecule has 0 aliphatic rings. The first-order valence-electron chi connectivity index (χ1n) is 10.9. The molecule has 158 valence electrons. The van der Waals surface area contributed by atoms with Crippen molar-refractivity contribution in [1.82, 2.24) is 4.57 Å². The molecular weight excluding hydrogens is 426 g/mol. The summed E-state index contributed by atoms with van der Waals surface area (Å²) < 4.78 is 8.43. The Bertz CT molecular complexity index is 1550. The zero-order chi connectivity index (χ0) is 22.2. The molecule has 0 saturated heterocycles. The van der Waals surface area contributed by atoms with Crippen molar-refractivity contribution in [2.24, 2.45) is 0 Å². The van der Waals surface area contributed by atoms with Crippen LogP contribution in [0.2, 0.25) is 5.02 Å². The van der Waals surface area contributed by atoms with Gasteiger partial charge in [-0.2, -0.15) is 0 Å². The lowest BCUT2D eigenvalue weighted by atomic mass is 10.0. The van der Waals surface area contributed by atoms with Gasteiger partial charge in [-0.15, -0.1) is 0 Å². The summed E-state index contributed by atoms with van der Waals surface area (Å²) in [5, 5.41) is 3.11. The molecule has 3 heteroatoms. The van der Waals surface area contributed by atoms with Crippen molar-refractivity contribution >= 4 is 33.4 Å². The lowest BCUT2D eigenvalue weighted by Gasteiger charge is -2.15. The second-order valence-corrected chi connectivity index (χ2v) is 8.41. The molecule has 0 unspecified atom stereocenters. The van der Waals surface area contributed by atoms with Crippen LogP contribution in [0.15, 0.2) is 121 Å². The fourth-order valence-electron chi connectivity index (χ4n) is 4.50. The van der Waals surface area contributed by atoms with Crippen molar-refractivity contribution in [1.29, 1.82) is 0 Å². The summed E-state index contributed by atoms with van der Waals surface area (Å²) in [5.74, 6) is 1.49. The first-order chi connectivity index (χ1) is 16.3. The number of rotatable bonds is 4. The van der Waals surface area contributed by atoms with Gasteiger partial charge in [0.2, 0.25) is 0 Å². The standard InChI is InChI=1S/C30H20ClNO/c31-22-18-21(19-24(20-22)33-23-10-2-1-3-11-23)25-12-4-7-15-28(25)32-29-16-8-5-13-26(29)27-14-6-9-17-30(27)32/h1-20H. The number of halogens is 1. The maximum Gasteiger partial charge on any atom is 0.129 e. The first-order valence-corrected chi connectivity index (χ1v) is 11.3. The van der Waals surface area contributed by atoms with Crippen LogP contribution in [0, 0.1) is 0 Å². The van der Waals surface area contributed by atoms with E-state index < -0.39 is 0 Å². The van der Waals surface area contributed by atoms with Gasteiger partial charge in [0.15, 0.2) is 0 Å². The van der Waals surface area contributed by atoms with Crippen LogP contribution in [0.4, 0.5) is 0 Å². The van der Waals surface area contributed by atoms with Gasteiger partial charge in [0.1, 0.15) is 11.5 Å². The summed E-state index contributed by atoms with van der Waals surface area (Å²) in [6, 6.07) is 41.2. The predicted octanol–water partition coefficient (Wildman–Crippen LogP) is 8.90. The third-order valence-electron chi connectivity index (χ3n) is 5.89. The molecule has 5 aromatic carbocycles. The minimum atomic E-state index is 0.635. The Morgan fingerprint density at radius 2 is 1.15 bits per heavy atom. The minimum Gasteiger partial charge on any atom is -0.457 e. The van der Waals surface area contributed by atoms with Gasteiger partial charge in [0.05, 0.1) is 16.7 Å². The average molecular weight is 446 g/mol. The average Bonchev–Trinajstić information content (AvgIpc) is 3.19. The highest BCUT2D eigenvalue weighted by Gasteiger charge is 2.15. The molecule has 0 saturated carbocycles. The SMILES string of the molecule is Clc1cc(Oc2ccccc2)cc(-c2ccccc2-n2c3ccccc3c3ccccc32)c1. The number of hydrogen-bond acceptors (Lipinski definition) is 1. The van der Waals surface area contributed by atoms with Crippen molar-refractivity contribution in [2.45, 2.75) is 0 Å². The van der Waals surface area contributed by atoms with Gasteiger partial charge in [-0.3, -0.25) is 0 Å². The predicted molar refractivity (Wildman–Crippen MR) is 138 cm³/mol. The number of para-hydroxylation sites is 4. The Labute approximate surface area is 197 Å². The van der Waals surface area contributed by atoms with Crippen LogP contribution >= 0.6 is 11.6 Å². The molecule has 2 nitrogen and oxygen atoms in total. The van der Waals surface area contributed by atoms with Crippen molar-refractivity contribution in [3.05, 3.63) is 126 Å². The Kier molecular flexibility index (Phi) is 4.86. The van der Waals surface area contributed by atoms with E-state index in [9.17, 15) is 0 Å². The zero-order valence-corrected chi connectivity index (χ0v) is 18.5. The number of ether oxygens (including phenoxy) is 1. The van der Waals surface area contributed by atoms with Crippen LogP contribution in [0.5, 0.6) is 11.5 Å².